The second-order valence-corrected chi connectivity index (χ2v) is 5.43. The van der Waals surface area contributed by atoms with Gasteiger partial charge in [0.05, 0.1) is 12.2 Å². The molecule has 1 aromatic heterocycles. The van der Waals surface area contributed by atoms with E-state index in [1.807, 2.05) is 11.8 Å². The summed E-state index contributed by atoms with van der Waals surface area (Å²) in [6.45, 7) is 8.33. The van der Waals surface area contributed by atoms with Crippen LogP contribution < -0.4 is 5.73 Å². The number of nitrogens with zero attached hydrogens (tertiary/aromatic N) is 2. The van der Waals surface area contributed by atoms with Gasteiger partial charge in [-0.15, -0.1) is 0 Å². The highest BCUT2D eigenvalue weighted by Crippen LogP contribution is 2.17. The molecule has 0 aliphatic carbocycles. The van der Waals surface area contributed by atoms with E-state index in [4.69, 9.17) is 10.8 Å². The van der Waals surface area contributed by atoms with E-state index in [0.29, 0.717) is 0 Å². The van der Waals surface area contributed by atoms with Gasteiger partial charge >= 0.3 is 0 Å². The zero-order chi connectivity index (χ0) is 12.7. The van der Waals surface area contributed by atoms with Gasteiger partial charge in [-0.3, -0.25) is 4.68 Å². The lowest BCUT2D eigenvalue weighted by atomic mass is 10.1. The first-order valence-corrected chi connectivity index (χ1v) is 7.79. The summed E-state index contributed by atoms with van der Waals surface area (Å²) in [6.07, 6.45) is 3.03. The molecule has 0 bridgehead atoms. The summed E-state index contributed by atoms with van der Waals surface area (Å²) < 4.78 is 2.20. The molecule has 0 aromatic carbocycles. The van der Waals surface area contributed by atoms with E-state index in [0.717, 1.165) is 38.1 Å². The molecule has 2 N–H and O–H groups in total. The summed E-state index contributed by atoms with van der Waals surface area (Å²) in [5.74, 6) is 2.33. The zero-order valence-electron chi connectivity index (χ0n) is 11.3. The van der Waals surface area contributed by atoms with Crippen molar-refractivity contribution in [2.24, 2.45) is 5.73 Å². The summed E-state index contributed by atoms with van der Waals surface area (Å²) in [7, 11) is 0. The lowest BCUT2D eigenvalue weighted by Crippen LogP contribution is -2.09. The van der Waals surface area contributed by atoms with E-state index in [2.05, 4.69) is 25.5 Å². The van der Waals surface area contributed by atoms with E-state index in [9.17, 15) is 0 Å². The highest BCUT2D eigenvalue weighted by Gasteiger charge is 2.14. The van der Waals surface area contributed by atoms with E-state index in [-0.39, 0.29) is 0 Å². The molecule has 0 saturated heterocycles. The highest BCUT2D eigenvalue weighted by molar-refractivity contribution is 7.99. The van der Waals surface area contributed by atoms with Crippen LogP contribution in [-0.2, 0) is 25.8 Å². The van der Waals surface area contributed by atoms with Gasteiger partial charge in [0.1, 0.15) is 0 Å². The molecule has 1 heterocycles. The van der Waals surface area contributed by atoms with E-state index < -0.39 is 0 Å². The molecule has 0 radical (unpaired) electrons. The topological polar surface area (TPSA) is 43.8 Å². The molecular formula is C13H25N3S. The molecule has 1 aromatic rings. The normalized spacial score (nSPS) is 11.1. The number of aromatic nitrogens is 2. The number of hydrogen-bond donors (Lipinski definition) is 1. The predicted molar refractivity (Wildman–Crippen MR) is 76.7 cm³/mol. The third kappa shape index (κ3) is 3.75. The van der Waals surface area contributed by atoms with Gasteiger partial charge in [-0.1, -0.05) is 20.8 Å². The first-order chi connectivity index (χ1) is 8.28. The summed E-state index contributed by atoms with van der Waals surface area (Å²) >= 11 is 1.97. The highest BCUT2D eigenvalue weighted by atomic mass is 32.2. The van der Waals surface area contributed by atoms with Crippen molar-refractivity contribution in [3.05, 3.63) is 17.0 Å². The van der Waals surface area contributed by atoms with Crippen LogP contribution in [0, 0.1) is 0 Å². The maximum absolute atomic E-state index is 5.70. The largest absolute Gasteiger partial charge is 0.330 e. The van der Waals surface area contributed by atoms with Crippen molar-refractivity contribution in [3.63, 3.8) is 0 Å². The van der Waals surface area contributed by atoms with Crippen LogP contribution in [0.5, 0.6) is 0 Å². The number of hydrogen-bond acceptors (Lipinski definition) is 3. The van der Waals surface area contributed by atoms with Gasteiger partial charge in [0.25, 0.3) is 0 Å². The van der Waals surface area contributed by atoms with Crippen molar-refractivity contribution in [2.75, 3.05) is 18.1 Å². The molecule has 0 saturated carbocycles. The molecule has 0 fully saturated rings. The Kier molecular flexibility index (Phi) is 6.66. The van der Waals surface area contributed by atoms with Gasteiger partial charge in [0.2, 0.25) is 0 Å². The van der Waals surface area contributed by atoms with Crippen molar-refractivity contribution in [1.29, 1.82) is 0 Å². The molecule has 98 valence electrons. The van der Waals surface area contributed by atoms with Crippen LogP contribution >= 0.6 is 11.8 Å². The molecule has 17 heavy (non-hydrogen) atoms. The minimum atomic E-state index is 0.718. The first kappa shape index (κ1) is 14.6. The maximum atomic E-state index is 5.70. The lowest BCUT2D eigenvalue weighted by Gasteiger charge is -2.07. The minimum Gasteiger partial charge on any atom is -0.330 e. The number of thioether (sulfide) groups is 1. The third-order valence-corrected chi connectivity index (χ3v) is 3.84. The first-order valence-electron chi connectivity index (χ1n) is 6.63. The molecule has 1 rings (SSSR count). The second-order valence-electron chi connectivity index (χ2n) is 4.04. The fraction of sp³-hybridized carbons (Fsp3) is 0.769. The Morgan fingerprint density at radius 3 is 2.53 bits per heavy atom. The van der Waals surface area contributed by atoms with Gasteiger partial charge in [0.15, 0.2) is 0 Å². The Morgan fingerprint density at radius 2 is 2.00 bits per heavy atom. The fourth-order valence-corrected chi connectivity index (χ4v) is 2.77. The van der Waals surface area contributed by atoms with E-state index >= 15 is 0 Å². The van der Waals surface area contributed by atoms with Gasteiger partial charge in [-0.2, -0.15) is 16.9 Å². The summed E-state index contributed by atoms with van der Waals surface area (Å²) in [4.78, 5) is 0. The lowest BCUT2D eigenvalue weighted by molar-refractivity contribution is 0.622. The quantitative estimate of drug-likeness (QED) is 0.725. The molecule has 3 nitrogen and oxygen atoms in total. The Morgan fingerprint density at radius 1 is 1.24 bits per heavy atom. The number of rotatable bonds is 8. The maximum Gasteiger partial charge on any atom is 0.0657 e. The van der Waals surface area contributed by atoms with E-state index in [1.165, 1.54) is 22.7 Å². The monoisotopic (exact) mass is 255 g/mol. The molecule has 4 heteroatoms. The van der Waals surface area contributed by atoms with Gasteiger partial charge in [0, 0.05) is 11.4 Å². The van der Waals surface area contributed by atoms with Crippen molar-refractivity contribution in [1.82, 2.24) is 9.78 Å². The van der Waals surface area contributed by atoms with Crippen LogP contribution in [-0.4, -0.2) is 27.8 Å². The molecule has 0 atom stereocenters. The SMILES string of the molecule is CCSCCn1nc(CC)c(CCN)c1CC. The smallest absolute Gasteiger partial charge is 0.0657 e. The van der Waals surface area contributed by atoms with Gasteiger partial charge < -0.3 is 5.73 Å². The Balaban J connectivity index is 2.87. The predicted octanol–water partition coefficient (Wildman–Crippen LogP) is 2.26. The van der Waals surface area contributed by atoms with Gasteiger partial charge in [-0.25, -0.2) is 0 Å². The summed E-state index contributed by atoms with van der Waals surface area (Å²) in [6, 6.07) is 0. The molecule has 0 aliphatic heterocycles. The van der Waals surface area contributed by atoms with Crippen molar-refractivity contribution < 1.29 is 0 Å². The van der Waals surface area contributed by atoms with Crippen molar-refractivity contribution in [3.8, 4) is 0 Å². The van der Waals surface area contributed by atoms with Crippen LogP contribution in [0.3, 0.4) is 0 Å². The minimum absolute atomic E-state index is 0.718. The average Bonchev–Trinajstić information content (AvgIpc) is 2.67. The van der Waals surface area contributed by atoms with Gasteiger partial charge in [-0.05, 0) is 37.1 Å². The zero-order valence-corrected chi connectivity index (χ0v) is 12.1. The van der Waals surface area contributed by atoms with Crippen LogP contribution in [0.1, 0.15) is 37.7 Å². The number of aryl methyl sites for hydroxylation is 2. The average molecular weight is 255 g/mol. The fourth-order valence-electron chi connectivity index (χ4n) is 2.18. The third-order valence-electron chi connectivity index (χ3n) is 2.97. The van der Waals surface area contributed by atoms with Crippen LogP contribution in [0.25, 0.3) is 0 Å². The van der Waals surface area contributed by atoms with Crippen LogP contribution in [0.4, 0.5) is 0 Å². The van der Waals surface area contributed by atoms with E-state index in [1.54, 1.807) is 0 Å². The summed E-state index contributed by atoms with van der Waals surface area (Å²) in [5, 5.41) is 4.74. The summed E-state index contributed by atoms with van der Waals surface area (Å²) in [5.41, 5.74) is 9.74. The number of nitrogens with two attached hydrogens (primary N) is 1. The molecule has 0 aliphatic rings. The van der Waals surface area contributed by atoms with Crippen molar-refractivity contribution >= 4 is 11.8 Å². The standard InChI is InChI=1S/C13H25N3S/c1-4-12-11(7-8-14)13(5-2)16(15-12)9-10-17-6-3/h4-10,14H2,1-3H3. The second kappa shape index (κ2) is 7.77. The molecule has 0 unspecified atom stereocenters. The molecule has 0 spiro atoms. The van der Waals surface area contributed by atoms with Crippen LogP contribution in [0.2, 0.25) is 0 Å². The Labute approximate surface area is 109 Å². The molecular weight excluding hydrogens is 230 g/mol. The Hall–Kier alpha value is -0.480. The van der Waals surface area contributed by atoms with Crippen molar-refractivity contribution in [2.45, 2.75) is 46.6 Å². The van der Waals surface area contributed by atoms with Crippen LogP contribution in [0.15, 0.2) is 0 Å². The molecule has 0 amide bonds. The Bertz CT molecular complexity index is 334.